The fourth-order valence-corrected chi connectivity index (χ4v) is 3.08. The second-order valence-electron chi connectivity index (χ2n) is 6.71. The molecule has 7 nitrogen and oxygen atoms in total. The molecule has 0 bridgehead atoms. The molecule has 2 heterocycles. The molecule has 0 radical (unpaired) electrons. The number of fused-ring (bicyclic) bond motifs is 1. The largest absolute Gasteiger partial charge is 0.489 e. The van der Waals surface area contributed by atoms with Crippen LogP contribution in [0, 0.1) is 12.7 Å². The van der Waals surface area contributed by atoms with Crippen LogP contribution in [0.5, 0.6) is 5.75 Å². The first-order valence-corrected chi connectivity index (χ1v) is 9.13. The second kappa shape index (κ2) is 7.75. The molecule has 1 aliphatic rings. The zero-order valence-electron chi connectivity index (χ0n) is 15.7. The molecule has 8 heteroatoms. The van der Waals surface area contributed by atoms with Crippen molar-refractivity contribution < 1.29 is 18.7 Å². The number of hydrogen-bond acceptors (Lipinski definition) is 4. The summed E-state index contributed by atoms with van der Waals surface area (Å²) in [6.07, 6.45) is 0. The van der Waals surface area contributed by atoms with Crippen LogP contribution in [0.15, 0.2) is 54.6 Å². The summed E-state index contributed by atoms with van der Waals surface area (Å²) in [6, 6.07) is 15.4. The van der Waals surface area contributed by atoms with Gasteiger partial charge in [-0.15, -0.1) is 0 Å². The standard InChI is InChI=1S/C21H19FN4O3/c1-13-18(22)19(25-26(13)11-14-7-3-2-4-8-14)21(28)24-16-12-29-17-10-6-5-9-15(17)23-20(16)27/h2-10,16H,11-12H2,1H3,(H,23,27)(H,24,28). The molecule has 4 rings (SSSR count). The number of carbonyl (C=O) groups excluding carboxylic acids is 2. The number of ether oxygens (including phenoxy) is 1. The number of nitrogens with zero attached hydrogens (tertiary/aromatic N) is 2. The lowest BCUT2D eigenvalue weighted by Crippen LogP contribution is -2.46. The summed E-state index contributed by atoms with van der Waals surface area (Å²) in [5.74, 6) is -1.42. The Balaban J connectivity index is 1.50. The van der Waals surface area contributed by atoms with Crippen LogP contribution in [0.4, 0.5) is 10.1 Å². The number of para-hydroxylation sites is 2. The molecule has 1 aliphatic heterocycles. The number of nitrogens with one attached hydrogen (secondary N) is 2. The molecule has 2 amide bonds. The molecular weight excluding hydrogens is 375 g/mol. The molecule has 1 atom stereocenters. The fraction of sp³-hybridized carbons (Fsp3) is 0.190. The number of halogens is 1. The number of aromatic nitrogens is 2. The third-order valence-corrected chi connectivity index (χ3v) is 4.70. The first-order valence-electron chi connectivity index (χ1n) is 9.13. The third kappa shape index (κ3) is 3.82. The minimum atomic E-state index is -0.978. The Hall–Kier alpha value is -3.68. The van der Waals surface area contributed by atoms with E-state index in [2.05, 4.69) is 15.7 Å². The Morgan fingerprint density at radius 2 is 1.97 bits per heavy atom. The highest BCUT2D eigenvalue weighted by Gasteiger charge is 2.29. The summed E-state index contributed by atoms with van der Waals surface area (Å²) in [4.78, 5) is 25.0. The highest BCUT2D eigenvalue weighted by molar-refractivity contribution is 6.01. The van der Waals surface area contributed by atoms with E-state index in [-0.39, 0.29) is 18.0 Å². The topological polar surface area (TPSA) is 85.2 Å². The average Bonchev–Trinajstić information content (AvgIpc) is 2.91. The van der Waals surface area contributed by atoms with E-state index in [9.17, 15) is 14.0 Å². The lowest BCUT2D eigenvalue weighted by atomic mass is 10.2. The van der Waals surface area contributed by atoms with Gasteiger partial charge in [0.15, 0.2) is 11.5 Å². The third-order valence-electron chi connectivity index (χ3n) is 4.70. The summed E-state index contributed by atoms with van der Waals surface area (Å²) in [5.41, 5.74) is 1.34. The van der Waals surface area contributed by atoms with Crippen LogP contribution in [0.25, 0.3) is 0 Å². The lowest BCUT2D eigenvalue weighted by molar-refractivity contribution is -0.118. The first kappa shape index (κ1) is 18.7. The van der Waals surface area contributed by atoms with Crippen molar-refractivity contribution >= 4 is 17.5 Å². The van der Waals surface area contributed by atoms with E-state index in [4.69, 9.17) is 4.74 Å². The van der Waals surface area contributed by atoms with Gasteiger partial charge in [0.2, 0.25) is 0 Å². The Morgan fingerprint density at radius 1 is 1.24 bits per heavy atom. The van der Waals surface area contributed by atoms with Crippen molar-refractivity contribution in [2.45, 2.75) is 19.5 Å². The normalized spacial score (nSPS) is 15.7. The Morgan fingerprint density at radius 3 is 2.76 bits per heavy atom. The number of hydrogen-bond donors (Lipinski definition) is 2. The van der Waals surface area contributed by atoms with E-state index in [0.717, 1.165) is 5.56 Å². The van der Waals surface area contributed by atoms with E-state index in [1.807, 2.05) is 30.3 Å². The Labute approximate surface area is 166 Å². The van der Waals surface area contributed by atoms with Crippen LogP contribution in [0.1, 0.15) is 21.7 Å². The van der Waals surface area contributed by atoms with Crippen molar-refractivity contribution in [1.82, 2.24) is 15.1 Å². The van der Waals surface area contributed by atoms with Gasteiger partial charge in [-0.25, -0.2) is 4.39 Å². The van der Waals surface area contributed by atoms with E-state index in [1.54, 1.807) is 31.2 Å². The number of rotatable bonds is 4. The van der Waals surface area contributed by atoms with Gasteiger partial charge in [-0.1, -0.05) is 42.5 Å². The van der Waals surface area contributed by atoms with Crippen molar-refractivity contribution in [2.24, 2.45) is 0 Å². The van der Waals surface area contributed by atoms with E-state index >= 15 is 0 Å². The van der Waals surface area contributed by atoms with Gasteiger partial charge in [-0.05, 0) is 24.6 Å². The van der Waals surface area contributed by atoms with Crippen LogP contribution in [-0.2, 0) is 11.3 Å². The number of amides is 2. The maximum Gasteiger partial charge on any atom is 0.275 e. The molecule has 0 fully saturated rings. The molecule has 0 saturated heterocycles. The number of carbonyl (C=O) groups is 2. The van der Waals surface area contributed by atoms with Gasteiger partial charge in [-0.3, -0.25) is 14.3 Å². The molecule has 0 spiro atoms. The van der Waals surface area contributed by atoms with Crippen molar-refractivity contribution in [1.29, 1.82) is 0 Å². The predicted molar refractivity (Wildman–Crippen MR) is 104 cm³/mol. The molecule has 148 valence electrons. The van der Waals surface area contributed by atoms with Crippen molar-refractivity contribution in [2.75, 3.05) is 11.9 Å². The van der Waals surface area contributed by atoms with Crippen molar-refractivity contribution in [3.8, 4) is 5.75 Å². The van der Waals surface area contributed by atoms with E-state index in [0.29, 0.717) is 18.0 Å². The first-order chi connectivity index (χ1) is 14.0. The minimum absolute atomic E-state index is 0.0695. The highest BCUT2D eigenvalue weighted by Crippen LogP contribution is 2.26. The smallest absolute Gasteiger partial charge is 0.275 e. The molecule has 1 aromatic heterocycles. The van der Waals surface area contributed by atoms with Gasteiger partial charge in [0.05, 0.1) is 17.9 Å². The lowest BCUT2D eigenvalue weighted by Gasteiger charge is -2.13. The molecule has 3 aromatic rings. The summed E-state index contributed by atoms with van der Waals surface area (Å²) < 4.78 is 21.7. The summed E-state index contributed by atoms with van der Waals surface area (Å²) >= 11 is 0. The van der Waals surface area contributed by atoms with Crippen molar-refractivity contribution in [3.63, 3.8) is 0 Å². The van der Waals surface area contributed by atoms with Crippen molar-refractivity contribution in [3.05, 3.63) is 77.4 Å². The van der Waals surface area contributed by atoms with Gasteiger partial charge in [-0.2, -0.15) is 5.10 Å². The Bertz CT molecular complexity index is 1070. The quantitative estimate of drug-likeness (QED) is 0.712. The maximum atomic E-state index is 14.6. The van der Waals surface area contributed by atoms with Gasteiger partial charge < -0.3 is 15.4 Å². The predicted octanol–water partition coefficient (Wildman–Crippen LogP) is 2.51. The van der Waals surface area contributed by atoms with E-state index < -0.39 is 23.7 Å². The summed E-state index contributed by atoms with van der Waals surface area (Å²) in [7, 11) is 0. The van der Waals surface area contributed by atoms with Crippen LogP contribution >= 0.6 is 0 Å². The fourth-order valence-electron chi connectivity index (χ4n) is 3.08. The molecule has 0 saturated carbocycles. The van der Waals surface area contributed by atoms with Crippen LogP contribution in [-0.4, -0.2) is 34.2 Å². The molecule has 0 aliphatic carbocycles. The SMILES string of the molecule is Cc1c(F)c(C(=O)NC2COc3ccccc3NC2=O)nn1Cc1ccccc1. The van der Waals surface area contributed by atoms with Crippen LogP contribution in [0.2, 0.25) is 0 Å². The molecular formula is C21H19FN4O3. The zero-order valence-corrected chi connectivity index (χ0v) is 15.7. The molecule has 1 unspecified atom stereocenters. The van der Waals surface area contributed by atoms with Gasteiger partial charge >= 0.3 is 0 Å². The molecule has 29 heavy (non-hydrogen) atoms. The van der Waals surface area contributed by atoms with Crippen LogP contribution in [0.3, 0.4) is 0 Å². The van der Waals surface area contributed by atoms with Gasteiger partial charge in [0.25, 0.3) is 11.8 Å². The van der Waals surface area contributed by atoms with E-state index in [1.165, 1.54) is 4.68 Å². The summed E-state index contributed by atoms with van der Waals surface area (Å²) in [5, 5.41) is 9.32. The Kier molecular flexibility index (Phi) is 4.99. The monoisotopic (exact) mass is 394 g/mol. The average molecular weight is 394 g/mol. The van der Waals surface area contributed by atoms with Gasteiger partial charge in [0.1, 0.15) is 18.4 Å². The second-order valence-corrected chi connectivity index (χ2v) is 6.71. The maximum absolute atomic E-state index is 14.6. The molecule has 2 N–H and O–H groups in total. The minimum Gasteiger partial charge on any atom is -0.489 e. The molecule has 2 aromatic carbocycles. The zero-order chi connectivity index (χ0) is 20.4. The number of anilines is 1. The number of benzene rings is 2. The van der Waals surface area contributed by atoms with Crippen LogP contribution < -0.4 is 15.4 Å². The van der Waals surface area contributed by atoms with Gasteiger partial charge in [0, 0.05) is 0 Å². The highest BCUT2D eigenvalue weighted by atomic mass is 19.1. The summed E-state index contributed by atoms with van der Waals surface area (Å²) in [6.45, 7) is 1.82.